The molecule has 0 spiro atoms. The highest BCUT2D eigenvalue weighted by Crippen LogP contribution is 2.16. The number of sulfonamides is 1. The lowest BCUT2D eigenvalue weighted by Crippen LogP contribution is -2.48. The Morgan fingerprint density at radius 3 is 2.30 bits per heavy atom. The summed E-state index contributed by atoms with van der Waals surface area (Å²) in [5.74, 6) is -1.69. The second-order valence-corrected chi connectivity index (χ2v) is 8.90. The summed E-state index contributed by atoms with van der Waals surface area (Å²) in [5.41, 5.74) is 2.58. The van der Waals surface area contributed by atoms with Crippen LogP contribution in [0.25, 0.3) is 0 Å². The molecule has 2 rings (SSSR count). The molecule has 2 atom stereocenters. The average molecular weight is 455 g/mol. The van der Waals surface area contributed by atoms with Crippen LogP contribution in [-0.2, 0) is 24.3 Å². The van der Waals surface area contributed by atoms with Gasteiger partial charge in [0.15, 0.2) is 6.61 Å². The summed E-state index contributed by atoms with van der Waals surface area (Å²) in [4.78, 5) is 24.2. The van der Waals surface area contributed by atoms with Crippen molar-refractivity contribution in [2.24, 2.45) is 0 Å². The quantitative estimate of drug-likeness (QED) is 0.525. The molecule has 162 valence electrons. The lowest BCUT2D eigenvalue weighted by Gasteiger charge is -2.20. The first kappa shape index (κ1) is 23.8. The third kappa shape index (κ3) is 6.53. The number of amides is 1. The van der Waals surface area contributed by atoms with E-state index in [1.165, 1.54) is 31.2 Å². The summed E-state index contributed by atoms with van der Waals surface area (Å²) in [6.07, 6.45) is -1.40. The summed E-state index contributed by atoms with van der Waals surface area (Å²) in [5, 5.41) is 12.8. The van der Waals surface area contributed by atoms with E-state index in [4.69, 9.17) is 16.3 Å². The molecule has 3 N–H and O–H groups in total. The van der Waals surface area contributed by atoms with E-state index in [9.17, 15) is 23.1 Å². The Morgan fingerprint density at radius 1 is 1.10 bits per heavy atom. The molecule has 0 aliphatic heterocycles. The molecule has 2 aromatic carbocycles. The van der Waals surface area contributed by atoms with E-state index in [-0.39, 0.29) is 4.90 Å². The molecule has 0 unspecified atom stereocenters. The van der Waals surface area contributed by atoms with Crippen molar-refractivity contribution in [2.45, 2.75) is 37.8 Å². The predicted molar refractivity (Wildman–Crippen MR) is 113 cm³/mol. The van der Waals surface area contributed by atoms with Crippen molar-refractivity contribution in [3.05, 3.63) is 58.6 Å². The molecule has 1 amide bonds. The van der Waals surface area contributed by atoms with E-state index in [2.05, 4.69) is 10.0 Å². The minimum Gasteiger partial charge on any atom is -0.454 e. The van der Waals surface area contributed by atoms with Gasteiger partial charge in [-0.2, -0.15) is 4.72 Å². The Balaban J connectivity index is 2.00. The number of rotatable bonds is 8. The Kier molecular flexibility index (Phi) is 7.96. The van der Waals surface area contributed by atoms with Crippen LogP contribution >= 0.6 is 11.6 Å². The normalized spacial score (nSPS) is 13.4. The third-order valence-corrected chi connectivity index (χ3v) is 5.99. The van der Waals surface area contributed by atoms with Crippen molar-refractivity contribution < 1.29 is 27.9 Å². The fourth-order valence-electron chi connectivity index (χ4n) is 2.44. The van der Waals surface area contributed by atoms with Crippen LogP contribution in [0.5, 0.6) is 0 Å². The number of carbonyl (C=O) groups is 2. The molecule has 30 heavy (non-hydrogen) atoms. The molecule has 10 heteroatoms. The zero-order valence-electron chi connectivity index (χ0n) is 16.7. The van der Waals surface area contributed by atoms with E-state index in [1.54, 1.807) is 12.1 Å². The standard InChI is InChI=1S/C20H23ClN2O6S/c1-12-4-7-16(10-13(12)2)22-18(25)11-29-20(26)19(14(3)24)23-30(27,28)17-8-5-15(21)6-9-17/h4-10,14,19,23-24H,11H2,1-3H3,(H,22,25)/t14-,19+/m1/s1. The Labute approximate surface area is 180 Å². The lowest BCUT2D eigenvalue weighted by molar-refractivity contribution is -0.151. The molecule has 2 aromatic rings. The molecule has 8 nitrogen and oxygen atoms in total. The summed E-state index contributed by atoms with van der Waals surface area (Å²) < 4.78 is 31.9. The number of aryl methyl sites for hydroxylation is 2. The molecule has 0 fully saturated rings. The zero-order chi connectivity index (χ0) is 22.5. The van der Waals surface area contributed by atoms with Gasteiger partial charge in [-0.15, -0.1) is 0 Å². The van der Waals surface area contributed by atoms with Gasteiger partial charge >= 0.3 is 5.97 Å². The lowest BCUT2D eigenvalue weighted by atomic mass is 10.1. The SMILES string of the molecule is Cc1ccc(NC(=O)COC(=O)[C@@H](NS(=O)(=O)c2ccc(Cl)cc2)[C@@H](C)O)cc1C. The van der Waals surface area contributed by atoms with Gasteiger partial charge in [-0.3, -0.25) is 9.59 Å². The highest BCUT2D eigenvalue weighted by atomic mass is 35.5. The number of esters is 1. The number of halogens is 1. The average Bonchev–Trinajstić information content (AvgIpc) is 2.67. The van der Waals surface area contributed by atoms with E-state index in [1.807, 2.05) is 19.9 Å². The Hall–Kier alpha value is -2.46. The first-order valence-electron chi connectivity index (χ1n) is 8.99. The van der Waals surface area contributed by atoms with Crippen LogP contribution in [0.1, 0.15) is 18.1 Å². The maximum Gasteiger partial charge on any atom is 0.327 e. The van der Waals surface area contributed by atoms with Gasteiger partial charge in [-0.1, -0.05) is 17.7 Å². The smallest absolute Gasteiger partial charge is 0.327 e. The first-order valence-corrected chi connectivity index (χ1v) is 10.9. The second-order valence-electron chi connectivity index (χ2n) is 6.75. The van der Waals surface area contributed by atoms with Gasteiger partial charge in [0.1, 0.15) is 6.04 Å². The van der Waals surface area contributed by atoms with Gasteiger partial charge < -0.3 is 15.2 Å². The molecule has 0 bridgehead atoms. The summed E-state index contributed by atoms with van der Waals surface area (Å²) in [6, 6.07) is 8.99. The van der Waals surface area contributed by atoms with Crippen molar-refractivity contribution >= 4 is 39.2 Å². The molecule has 0 aromatic heterocycles. The van der Waals surface area contributed by atoms with Gasteiger partial charge in [0.05, 0.1) is 11.0 Å². The summed E-state index contributed by atoms with van der Waals surface area (Å²) in [6.45, 7) is 4.41. The molecule has 0 aliphatic carbocycles. The third-order valence-electron chi connectivity index (χ3n) is 4.28. The van der Waals surface area contributed by atoms with Crippen molar-refractivity contribution in [3.8, 4) is 0 Å². The van der Waals surface area contributed by atoms with E-state index < -0.39 is 40.7 Å². The van der Waals surface area contributed by atoms with Crippen molar-refractivity contribution in [2.75, 3.05) is 11.9 Å². The zero-order valence-corrected chi connectivity index (χ0v) is 18.3. The van der Waals surface area contributed by atoms with Gasteiger partial charge in [0.2, 0.25) is 10.0 Å². The predicted octanol–water partition coefficient (Wildman–Crippen LogP) is 2.17. The highest BCUT2D eigenvalue weighted by molar-refractivity contribution is 7.89. The monoisotopic (exact) mass is 454 g/mol. The molecule has 0 saturated carbocycles. The number of aliphatic hydroxyl groups excluding tert-OH is 1. The number of ether oxygens (including phenoxy) is 1. The van der Waals surface area contributed by atoms with Crippen molar-refractivity contribution in [3.63, 3.8) is 0 Å². The maximum absolute atomic E-state index is 12.4. The molecule has 0 radical (unpaired) electrons. The van der Waals surface area contributed by atoms with Crippen LogP contribution in [-0.4, -0.2) is 44.2 Å². The van der Waals surface area contributed by atoms with Crippen LogP contribution in [0.2, 0.25) is 5.02 Å². The molecule has 0 aliphatic rings. The molecule has 0 saturated heterocycles. The van der Waals surface area contributed by atoms with E-state index in [0.29, 0.717) is 10.7 Å². The second kappa shape index (κ2) is 10.0. The molecule has 0 heterocycles. The fourth-order valence-corrected chi connectivity index (χ4v) is 3.82. The van der Waals surface area contributed by atoms with Gasteiger partial charge in [-0.05, 0) is 68.3 Å². The molecular formula is C20H23ClN2O6S. The number of carbonyl (C=O) groups excluding carboxylic acids is 2. The van der Waals surface area contributed by atoms with Gasteiger partial charge in [0, 0.05) is 10.7 Å². The number of benzene rings is 2. The summed E-state index contributed by atoms with van der Waals surface area (Å²) in [7, 11) is -4.13. The minimum absolute atomic E-state index is 0.141. The number of aliphatic hydroxyl groups is 1. The minimum atomic E-state index is -4.13. The summed E-state index contributed by atoms with van der Waals surface area (Å²) >= 11 is 5.75. The van der Waals surface area contributed by atoms with Crippen LogP contribution < -0.4 is 10.0 Å². The van der Waals surface area contributed by atoms with Gasteiger partial charge in [-0.25, -0.2) is 8.42 Å². The van der Waals surface area contributed by atoms with Crippen LogP contribution in [0.3, 0.4) is 0 Å². The van der Waals surface area contributed by atoms with E-state index in [0.717, 1.165) is 11.1 Å². The van der Waals surface area contributed by atoms with Crippen molar-refractivity contribution in [1.29, 1.82) is 0 Å². The van der Waals surface area contributed by atoms with Crippen molar-refractivity contribution in [1.82, 2.24) is 4.72 Å². The van der Waals surface area contributed by atoms with Crippen LogP contribution in [0.4, 0.5) is 5.69 Å². The highest BCUT2D eigenvalue weighted by Gasteiger charge is 2.31. The number of hydrogen-bond donors (Lipinski definition) is 3. The number of hydrogen-bond acceptors (Lipinski definition) is 6. The van der Waals surface area contributed by atoms with Gasteiger partial charge in [0.25, 0.3) is 5.91 Å². The topological polar surface area (TPSA) is 122 Å². The number of nitrogens with one attached hydrogen (secondary N) is 2. The Morgan fingerprint density at radius 2 is 1.73 bits per heavy atom. The van der Waals surface area contributed by atoms with E-state index >= 15 is 0 Å². The number of anilines is 1. The molecular weight excluding hydrogens is 432 g/mol. The Bertz CT molecular complexity index is 1020. The maximum atomic E-state index is 12.4. The van der Waals surface area contributed by atoms with Crippen LogP contribution in [0.15, 0.2) is 47.4 Å². The fraction of sp³-hybridized carbons (Fsp3) is 0.300. The largest absolute Gasteiger partial charge is 0.454 e. The van der Waals surface area contributed by atoms with Crippen LogP contribution in [0, 0.1) is 13.8 Å². The first-order chi connectivity index (χ1) is 14.0.